The number of aliphatic carboxylic acids is 1. The van der Waals surface area contributed by atoms with E-state index in [0.29, 0.717) is 31.5 Å². The number of hydrogen-bond donors (Lipinski definition) is 1. The van der Waals surface area contributed by atoms with Gasteiger partial charge in [0.15, 0.2) is 0 Å². The molecule has 0 aliphatic carbocycles. The number of carboxylic acids is 1. The number of benzene rings is 1. The number of nitrogens with zero attached hydrogens (tertiary/aromatic N) is 1. The number of halogens is 4. The normalized spacial score (nSPS) is 17.8. The number of likely N-dealkylation sites (tertiary alicyclic amines) is 1. The zero-order chi connectivity index (χ0) is 19.8. The molecule has 27 heavy (non-hydrogen) atoms. The van der Waals surface area contributed by atoms with Crippen LogP contribution >= 0.6 is 22.9 Å². The van der Waals surface area contributed by atoms with Crippen molar-refractivity contribution in [1.82, 2.24) is 4.90 Å². The van der Waals surface area contributed by atoms with Gasteiger partial charge in [-0.2, -0.15) is 13.2 Å². The van der Waals surface area contributed by atoms with E-state index in [9.17, 15) is 23.1 Å². The molecule has 1 aromatic heterocycles. The first-order valence-electron chi connectivity index (χ1n) is 8.56. The molecule has 2 heterocycles. The average Bonchev–Trinajstić information content (AvgIpc) is 3.02. The van der Waals surface area contributed by atoms with Crippen molar-refractivity contribution in [1.29, 1.82) is 0 Å². The van der Waals surface area contributed by atoms with E-state index in [2.05, 4.69) is 4.90 Å². The molecule has 1 atom stereocenters. The summed E-state index contributed by atoms with van der Waals surface area (Å²) in [6, 6.07) is 7.55. The van der Waals surface area contributed by atoms with Crippen LogP contribution in [0.4, 0.5) is 13.2 Å². The maximum absolute atomic E-state index is 13.3. The van der Waals surface area contributed by atoms with Gasteiger partial charge in [-0.25, -0.2) is 0 Å². The molecule has 1 saturated heterocycles. The summed E-state index contributed by atoms with van der Waals surface area (Å²) in [6.45, 7) is 2.98. The lowest BCUT2D eigenvalue weighted by atomic mass is 9.93. The van der Waals surface area contributed by atoms with Crippen LogP contribution in [0, 0.1) is 12.8 Å². The summed E-state index contributed by atoms with van der Waals surface area (Å²) in [6.07, 6.45) is -3.56. The first-order chi connectivity index (χ1) is 12.7. The van der Waals surface area contributed by atoms with Crippen LogP contribution < -0.4 is 0 Å². The molecule has 3 rings (SSSR count). The maximum atomic E-state index is 13.3. The minimum atomic E-state index is -4.53. The van der Waals surface area contributed by atoms with Gasteiger partial charge in [-0.1, -0.05) is 17.7 Å². The smallest absolute Gasteiger partial charge is 0.417 e. The Kier molecular flexibility index (Phi) is 5.84. The largest absolute Gasteiger partial charge is 0.481 e. The zero-order valence-corrected chi connectivity index (χ0v) is 16.2. The molecule has 0 bridgehead atoms. The summed E-state index contributed by atoms with van der Waals surface area (Å²) in [5.41, 5.74) is -0.331. The first kappa shape index (κ1) is 20.2. The first-order valence-corrected chi connectivity index (χ1v) is 9.76. The van der Waals surface area contributed by atoms with Crippen LogP contribution in [0.2, 0.25) is 5.02 Å². The highest BCUT2D eigenvalue weighted by Crippen LogP contribution is 2.40. The fourth-order valence-electron chi connectivity index (χ4n) is 3.49. The van der Waals surface area contributed by atoms with E-state index >= 15 is 0 Å². The maximum Gasteiger partial charge on any atom is 0.417 e. The van der Waals surface area contributed by atoms with Crippen molar-refractivity contribution in [3.63, 3.8) is 0 Å². The van der Waals surface area contributed by atoms with E-state index in [1.807, 2.05) is 19.1 Å². The Bertz CT molecular complexity index is 829. The van der Waals surface area contributed by atoms with Gasteiger partial charge in [0.2, 0.25) is 0 Å². The second-order valence-electron chi connectivity index (χ2n) is 6.74. The number of carboxylic acid groups (broad SMARTS) is 1. The lowest BCUT2D eigenvalue weighted by molar-refractivity contribution is -0.143. The van der Waals surface area contributed by atoms with Crippen LogP contribution in [-0.2, 0) is 11.0 Å². The van der Waals surface area contributed by atoms with Crippen LogP contribution in [0.3, 0.4) is 0 Å². The van der Waals surface area contributed by atoms with E-state index in [1.54, 1.807) is 6.07 Å². The van der Waals surface area contributed by atoms with Crippen LogP contribution in [-0.4, -0.2) is 29.1 Å². The summed E-state index contributed by atoms with van der Waals surface area (Å²) >= 11 is 7.32. The summed E-state index contributed by atoms with van der Waals surface area (Å²) in [5, 5.41) is 8.88. The molecule has 1 unspecified atom stereocenters. The number of piperidine rings is 1. The highest BCUT2D eigenvalue weighted by molar-refractivity contribution is 7.12. The van der Waals surface area contributed by atoms with Crippen molar-refractivity contribution < 1.29 is 23.1 Å². The second-order valence-corrected chi connectivity index (χ2v) is 8.46. The van der Waals surface area contributed by atoms with Crippen LogP contribution in [0.15, 0.2) is 30.3 Å². The Morgan fingerprint density at radius 1 is 1.26 bits per heavy atom. The molecular weight excluding hydrogens is 399 g/mol. The molecule has 1 aromatic carbocycles. The monoisotopic (exact) mass is 417 g/mol. The summed E-state index contributed by atoms with van der Waals surface area (Å²) in [4.78, 5) is 15.3. The summed E-state index contributed by atoms with van der Waals surface area (Å²) < 4.78 is 40.0. The molecule has 146 valence electrons. The number of carbonyl (C=O) groups is 1. The van der Waals surface area contributed by atoms with Gasteiger partial charge in [-0.15, -0.1) is 11.3 Å². The molecule has 1 aliphatic rings. The van der Waals surface area contributed by atoms with Gasteiger partial charge in [-0.3, -0.25) is 9.69 Å². The van der Waals surface area contributed by atoms with Gasteiger partial charge in [0.05, 0.1) is 22.5 Å². The molecule has 3 nitrogen and oxygen atoms in total. The molecule has 2 aromatic rings. The topological polar surface area (TPSA) is 40.5 Å². The van der Waals surface area contributed by atoms with Crippen molar-refractivity contribution >= 4 is 28.9 Å². The van der Waals surface area contributed by atoms with E-state index in [0.717, 1.165) is 15.8 Å². The molecule has 0 amide bonds. The third-order valence-electron chi connectivity index (χ3n) is 4.89. The predicted molar refractivity (Wildman–Crippen MR) is 99.3 cm³/mol. The van der Waals surface area contributed by atoms with Crippen molar-refractivity contribution in [2.75, 3.05) is 13.1 Å². The number of hydrogen-bond acceptors (Lipinski definition) is 3. The SMILES string of the molecule is Cc1ccc(C(c2ccc(Cl)c(C(F)(F)F)c2)N2CCC(C(=O)O)CC2)s1. The summed E-state index contributed by atoms with van der Waals surface area (Å²) in [7, 11) is 0. The quantitative estimate of drug-likeness (QED) is 0.702. The minimum absolute atomic E-state index is 0.322. The lowest BCUT2D eigenvalue weighted by Gasteiger charge is -2.36. The van der Waals surface area contributed by atoms with Gasteiger partial charge >= 0.3 is 12.1 Å². The van der Waals surface area contributed by atoms with E-state index in [-0.39, 0.29) is 11.1 Å². The van der Waals surface area contributed by atoms with E-state index < -0.39 is 23.6 Å². The molecule has 8 heteroatoms. The number of alkyl halides is 3. The minimum Gasteiger partial charge on any atom is -0.481 e. The number of thiophene rings is 1. The Hall–Kier alpha value is -1.57. The zero-order valence-electron chi connectivity index (χ0n) is 14.6. The highest BCUT2D eigenvalue weighted by atomic mass is 35.5. The third-order valence-corrected chi connectivity index (χ3v) is 6.27. The van der Waals surface area contributed by atoms with Crippen LogP contribution in [0.1, 0.15) is 39.8 Å². The van der Waals surface area contributed by atoms with E-state index in [1.165, 1.54) is 17.4 Å². The van der Waals surface area contributed by atoms with Gasteiger partial charge in [0.25, 0.3) is 0 Å². The Morgan fingerprint density at radius 2 is 1.93 bits per heavy atom. The fraction of sp³-hybridized carbons (Fsp3) is 0.421. The van der Waals surface area contributed by atoms with Crippen LogP contribution in [0.25, 0.3) is 0 Å². The van der Waals surface area contributed by atoms with Gasteiger partial charge in [0, 0.05) is 9.75 Å². The molecular formula is C19H19ClF3NO2S. The number of aryl methyl sites for hydroxylation is 1. The lowest BCUT2D eigenvalue weighted by Crippen LogP contribution is -2.39. The molecule has 1 N–H and O–H groups in total. The fourth-order valence-corrected chi connectivity index (χ4v) is 4.76. The van der Waals surface area contributed by atoms with Crippen molar-refractivity contribution in [3.05, 3.63) is 56.2 Å². The second kappa shape index (κ2) is 7.81. The number of rotatable bonds is 4. The van der Waals surface area contributed by atoms with E-state index in [4.69, 9.17) is 11.6 Å². The van der Waals surface area contributed by atoms with Gasteiger partial charge in [-0.05, 0) is 62.7 Å². The Labute approximate surface area is 164 Å². The Morgan fingerprint density at radius 3 is 2.44 bits per heavy atom. The van der Waals surface area contributed by atoms with Crippen molar-refractivity contribution in [2.45, 2.75) is 32.0 Å². The van der Waals surface area contributed by atoms with Crippen molar-refractivity contribution in [3.8, 4) is 0 Å². The average molecular weight is 418 g/mol. The molecule has 0 radical (unpaired) electrons. The molecule has 1 fully saturated rings. The third kappa shape index (κ3) is 4.47. The van der Waals surface area contributed by atoms with Gasteiger partial charge < -0.3 is 5.11 Å². The standard InChI is InChI=1S/C19H19ClF3NO2S/c1-11-2-5-16(27-11)17(24-8-6-12(7-9-24)18(25)26)13-3-4-15(20)14(10-13)19(21,22)23/h2-5,10,12,17H,6-9H2,1H3,(H,25,26). The molecule has 0 spiro atoms. The molecule has 0 saturated carbocycles. The molecule has 1 aliphatic heterocycles. The highest BCUT2D eigenvalue weighted by Gasteiger charge is 2.36. The predicted octanol–water partition coefficient (Wildman–Crippen LogP) is 5.61. The van der Waals surface area contributed by atoms with Crippen LogP contribution in [0.5, 0.6) is 0 Å². The van der Waals surface area contributed by atoms with Crippen molar-refractivity contribution in [2.24, 2.45) is 5.92 Å². The Balaban J connectivity index is 1.98. The summed E-state index contributed by atoms with van der Waals surface area (Å²) in [5.74, 6) is -1.22. The van der Waals surface area contributed by atoms with Gasteiger partial charge in [0.1, 0.15) is 0 Å².